The second kappa shape index (κ2) is 8.61. The topological polar surface area (TPSA) is 59.5 Å². The first-order valence-electron chi connectivity index (χ1n) is 9.02. The summed E-state index contributed by atoms with van der Waals surface area (Å²) in [5.74, 6) is 1.06. The van der Waals surface area contributed by atoms with Crippen molar-refractivity contribution in [3.8, 4) is 5.75 Å². The van der Waals surface area contributed by atoms with Crippen molar-refractivity contribution in [3.05, 3.63) is 59.9 Å². The second-order valence-electron chi connectivity index (χ2n) is 6.61. The van der Waals surface area contributed by atoms with Crippen LogP contribution in [0, 0.1) is 5.92 Å². The fourth-order valence-electron chi connectivity index (χ4n) is 3.34. The number of carbonyl (C=O) groups excluding carboxylic acids is 2. The summed E-state index contributed by atoms with van der Waals surface area (Å²) in [5, 5.41) is 0. The molecule has 5 heteroatoms. The number of ether oxygens (including phenoxy) is 1. The van der Waals surface area contributed by atoms with Crippen LogP contribution in [0.4, 0.5) is 0 Å². The van der Waals surface area contributed by atoms with Crippen LogP contribution < -0.4 is 4.74 Å². The van der Waals surface area contributed by atoms with Crippen LogP contribution in [-0.4, -0.2) is 41.8 Å². The second-order valence-corrected chi connectivity index (χ2v) is 6.61. The molecule has 3 rings (SSSR count). The molecule has 2 aromatic rings. The third-order valence-corrected chi connectivity index (χ3v) is 4.94. The molecule has 0 N–H and O–H groups in total. The number of hydrogen-bond acceptors (Lipinski definition) is 4. The van der Waals surface area contributed by atoms with Gasteiger partial charge in [-0.1, -0.05) is 6.07 Å². The Labute approximate surface area is 154 Å². The SMILES string of the molecule is COc1ccc(C(=O)C2CCN(C(=O)CCc3cccnc3)CC2)cc1. The van der Waals surface area contributed by atoms with E-state index in [1.165, 1.54) is 0 Å². The lowest BCUT2D eigenvalue weighted by molar-refractivity contribution is -0.132. The third-order valence-electron chi connectivity index (χ3n) is 4.94. The number of hydrogen-bond donors (Lipinski definition) is 0. The van der Waals surface area contributed by atoms with Crippen molar-refractivity contribution >= 4 is 11.7 Å². The van der Waals surface area contributed by atoms with Crippen molar-refractivity contribution < 1.29 is 14.3 Å². The molecular formula is C21H24N2O3. The van der Waals surface area contributed by atoms with Gasteiger partial charge in [0.2, 0.25) is 5.91 Å². The molecule has 0 bridgehead atoms. The number of likely N-dealkylation sites (tertiary alicyclic amines) is 1. The molecule has 26 heavy (non-hydrogen) atoms. The standard InChI is InChI=1S/C21H24N2O3/c1-26-19-7-5-17(6-8-19)21(25)18-10-13-23(14-11-18)20(24)9-4-16-3-2-12-22-15-16/h2-3,5-8,12,15,18H,4,9-11,13-14H2,1H3. The van der Waals surface area contributed by atoms with Gasteiger partial charge in [-0.15, -0.1) is 0 Å². The summed E-state index contributed by atoms with van der Waals surface area (Å²) < 4.78 is 5.13. The number of Topliss-reactive ketones (excluding diaryl/α,β-unsaturated/α-hetero) is 1. The summed E-state index contributed by atoms with van der Waals surface area (Å²) in [5.41, 5.74) is 1.79. The zero-order chi connectivity index (χ0) is 18.4. The smallest absolute Gasteiger partial charge is 0.222 e. The number of piperidine rings is 1. The number of amides is 1. The highest BCUT2D eigenvalue weighted by atomic mass is 16.5. The van der Waals surface area contributed by atoms with Crippen LogP contribution in [0.2, 0.25) is 0 Å². The zero-order valence-electron chi connectivity index (χ0n) is 15.1. The lowest BCUT2D eigenvalue weighted by Crippen LogP contribution is -2.40. The number of ketones is 1. The molecule has 5 nitrogen and oxygen atoms in total. The fraction of sp³-hybridized carbons (Fsp3) is 0.381. The van der Waals surface area contributed by atoms with Crippen molar-refractivity contribution in [1.29, 1.82) is 0 Å². The summed E-state index contributed by atoms with van der Waals surface area (Å²) in [4.78, 5) is 31.0. The van der Waals surface area contributed by atoms with Gasteiger partial charge in [-0.2, -0.15) is 0 Å². The van der Waals surface area contributed by atoms with Crippen molar-refractivity contribution in [2.45, 2.75) is 25.7 Å². The van der Waals surface area contributed by atoms with E-state index < -0.39 is 0 Å². The van der Waals surface area contributed by atoms with Crippen molar-refractivity contribution in [2.24, 2.45) is 5.92 Å². The Balaban J connectivity index is 1.48. The molecule has 1 amide bonds. The number of pyridine rings is 1. The van der Waals surface area contributed by atoms with Crippen LogP contribution in [0.3, 0.4) is 0 Å². The predicted octanol–water partition coefficient (Wildman–Crippen LogP) is 3.14. The Morgan fingerprint density at radius 1 is 1.15 bits per heavy atom. The van der Waals surface area contributed by atoms with E-state index in [0.717, 1.165) is 24.2 Å². The van der Waals surface area contributed by atoms with E-state index in [0.29, 0.717) is 31.5 Å². The number of carbonyl (C=O) groups is 2. The highest BCUT2D eigenvalue weighted by molar-refractivity contribution is 5.98. The highest BCUT2D eigenvalue weighted by Crippen LogP contribution is 2.23. The minimum absolute atomic E-state index is 0.00855. The van der Waals surface area contributed by atoms with Crippen molar-refractivity contribution in [3.63, 3.8) is 0 Å². The number of aromatic nitrogens is 1. The molecule has 1 aromatic carbocycles. The summed E-state index contributed by atoms with van der Waals surface area (Å²) in [6.45, 7) is 1.30. The van der Waals surface area contributed by atoms with Gasteiger partial charge in [0.15, 0.2) is 5.78 Å². The molecule has 0 aliphatic carbocycles. The van der Waals surface area contributed by atoms with Crippen LogP contribution in [0.25, 0.3) is 0 Å². The molecule has 0 unspecified atom stereocenters. The van der Waals surface area contributed by atoms with Crippen LogP contribution in [0.1, 0.15) is 35.2 Å². The van der Waals surface area contributed by atoms with Gasteiger partial charge < -0.3 is 9.64 Å². The van der Waals surface area contributed by atoms with Crippen LogP contribution >= 0.6 is 0 Å². The maximum atomic E-state index is 12.6. The molecular weight excluding hydrogens is 328 g/mol. The van der Waals surface area contributed by atoms with Gasteiger partial charge in [-0.05, 0) is 55.2 Å². The largest absolute Gasteiger partial charge is 0.497 e. The van der Waals surface area contributed by atoms with Gasteiger partial charge in [0.05, 0.1) is 7.11 Å². The molecule has 2 heterocycles. The molecule has 1 saturated heterocycles. The maximum absolute atomic E-state index is 12.6. The van der Waals surface area contributed by atoms with Gasteiger partial charge in [0.1, 0.15) is 5.75 Å². The molecule has 0 atom stereocenters. The van der Waals surface area contributed by atoms with E-state index in [2.05, 4.69) is 4.98 Å². The van der Waals surface area contributed by atoms with Crippen molar-refractivity contribution in [2.75, 3.05) is 20.2 Å². The quantitative estimate of drug-likeness (QED) is 0.750. The number of aryl methyl sites for hydroxylation is 1. The molecule has 1 aromatic heterocycles. The number of methoxy groups -OCH3 is 1. The molecule has 0 spiro atoms. The van der Waals surface area contributed by atoms with E-state index in [1.54, 1.807) is 19.5 Å². The lowest BCUT2D eigenvalue weighted by atomic mass is 9.88. The minimum atomic E-state index is -0.00855. The van der Waals surface area contributed by atoms with Gasteiger partial charge in [0, 0.05) is 43.4 Å². The Kier molecular flexibility index (Phi) is 6.00. The van der Waals surface area contributed by atoms with Gasteiger partial charge >= 0.3 is 0 Å². The Morgan fingerprint density at radius 2 is 1.88 bits per heavy atom. The van der Waals surface area contributed by atoms with E-state index in [9.17, 15) is 9.59 Å². The normalized spacial score (nSPS) is 14.9. The Morgan fingerprint density at radius 3 is 2.50 bits per heavy atom. The predicted molar refractivity (Wildman–Crippen MR) is 99.2 cm³/mol. The zero-order valence-corrected chi connectivity index (χ0v) is 15.1. The monoisotopic (exact) mass is 352 g/mol. The lowest BCUT2D eigenvalue weighted by Gasteiger charge is -2.31. The van der Waals surface area contributed by atoms with Crippen LogP contribution in [-0.2, 0) is 11.2 Å². The van der Waals surface area contributed by atoms with E-state index in [4.69, 9.17) is 4.74 Å². The van der Waals surface area contributed by atoms with Crippen molar-refractivity contribution in [1.82, 2.24) is 9.88 Å². The first-order chi connectivity index (χ1) is 12.7. The Hall–Kier alpha value is -2.69. The molecule has 1 aliphatic heterocycles. The molecule has 1 fully saturated rings. The number of nitrogens with zero attached hydrogens (tertiary/aromatic N) is 2. The molecule has 1 aliphatic rings. The first-order valence-corrected chi connectivity index (χ1v) is 9.02. The van der Waals surface area contributed by atoms with E-state index in [-0.39, 0.29) is 17.6 Å². The van der Waals surface area contributed by atoms with Crippen LogP contribution in [0.15, 0.2) is 48.8 Å². The third kappa shape index (κ3) is 4.48. The molecule has 0 radical (unpaired) electrons. The van der Waals surface area contributed by atoms with Gasteiger partial charge in [0.25, 0.3) is 0 Å². The summed E-state index contributed by atoms with van der Waals surface area (Å²) >= 11 is 0. The summed E-state index contributed by atoms with van der Waals surface area (Å²) in [6.07, 6.45) is 6.18. The number of rotatable bonds is 6. The summed E-state index contributed by atoms with van der Waals surface area (Å²) in [7, 11) is 1.61. The Bertz CT molecular complexity index is 736. The first kappa shape index (κ1) is 18.1. The van der Waals surface area contributed by atoms with E-state index >= 15 is 0 Å². The van der Waals surface area contributed by atoms with E-state index in [1.807, 2.05) is 41.3 Å². The highest BCUT2D eigenvalue weighted by Gasteiger charge is 2.27. The molecule has 0 saturated carbocycles. The van der Waals surface area contributed by atoms with Gasteiger partial charge in [-0.25, -0.2) is 0 Å². The molecule has 136 valence electrons. The van der Waals surface area contributed by atoms with Gasteiger partial charge in [-0.3, -0.25) is 14.6 Å². The maximum Gasteiger partial charge on any atom is 0.222 e. The fourth-order valence-corrected chi connectivity index (χ4v) is 3.34. The minimum Gasteiger partial charge on any atom is -0.497 e. The average molecular weight is 352 g/mol. The summed E-state index contributed by atoms with van der Waals surface area (Å²) in [6, 6.07) is 11.1. The van der Waals surface area contributed by atoms with Crippen LogP contribution in [0.5, 0.6) is 5.75 Å². The average Bonchev–Trinajstić information content (AvgIpc) is 2.72. The number of benzene rings is 1.